The quantitative estimate of drug-likeness (QED) is 0.302. The van der Waals surface area contributed by atoms with Gasteiger partial charge in [-0.3, -0.25) is 5.10 Å². The van der Waals surface area contributed by atoms with Gasteiger partial charge < -0.3 is 4.74 Å². The molecule has 1 aromatic heterocycles. The summed E-state index contributed by atoms with van der Waals surface area (Å²) < 4.78 is 8.18. The first kappa shape index (κ1) is 20.4. The fourth-order valence-corrected chi connectivity index (χ4v) is 2.86. The average molecular weight is 375 g/mol. The highest BCUT2D eigenvalue weighted by atomic mass is 32.1. The van der Waals surface area contributed by atoms with Crippen LogP contribution in [0.2, 0.25) is 0 Å². The second-order valence-electron chi connectivity index (χ2n) is 6.41. The third kappa shape index (κ3) is 6.41. The maximum absolute atomic E-state index is 5.96. The number of benzene rings is 1. The van der Waals surface area contributed by atoms with Crippen LogP contribution in [0.25, 0.3) is 0 Å². The van der Waals surface area contributed by atoms with E-state index in [-0.39, 0.29) is 0 Å². The second-order valence-corrected chi connectivity index (χ2v) is 6.79. The smallest absolute Gasteiger partial charge is 0.216 e. The zero-order valence-electron chi connectivity index (χ0n) is 15.9. The van der Waals surface area contributed by atoms with Crippen molar-refractivity contribution in [2.45, 2.75) is 65.2 Å². The highest BCUT2D eigenvalue weighted by Crippen LogP contribution is 2.17. The van der Waals surface area contributed by atoms with Crippen molar-refractivity contribution in [2.75, 3.05) is 6.61 Å². The number of rotatable bonds is 12. The Kier molecular flexibility index (Phi) is 9.10. The van der Waals surface area contributed by atoms with Crippen molar-refractivity contribution in [3.63, 3.8) is 0 Å². The fourth-order valence-electron chi connectivity index (χ4n) is 2.67. The summed E-state index contributed by atoms with van der Waals surface area (Å²) in [6.45, 7) is 5.12. The predicted octanol–water partition coefficient (Wildman–Crippen LogP) is 5.51. The Morgan fingerprint density at radius 2 is 1.88 bits per heavy atom. The molecule has 1 aromatic carbocycles. The molecule has 0 aliphatic heterocycles. The van der Waals surface area contributed by atoms with E-state index in [9.17, 15) is 0 Å². The van der Waals surface area contributed by atoms with Crippen molar-refractivity contribution in [3.8, 4) is 5.75 Å². The molecule has 0 radical (unpaired) electrons. The van der Waals surface area contributed by atoms with Crippen molar-refractivity contribution in [1.29, 1.82) is 0 Å². The van der Waals surface area contributed by atoms with Crippen LogP contribution in [0.15, 0.2) is 29.4 Å². The molecule has 0 aliphatic rings. The number of aromatic nitrogens is 3. The summed E-state index contributed by atoms with van der Waals surface area (Å²) in [4.78, 5) is 0. The molecular weight excluding hydrogens is 344 g/mol. The lowest BCUT2D eigenvalue weighted by atomic mass is 10.2. The number of aryl methyl sites for hydroxylation is 1. The first-order chi connectivity index (χ1) is 12.8. The molecule has 1 heterocycles. The summed E-state index contributed by atoms with van der Waals surface area (Å²) in [5.41, 5.74) is 0.950. The van der Waals surface area contributed by atoms with Crippen molar-refractivity contribution in [2.24, 2.45) is 5.10 Å². The molecule has 142 valence electrons. The zero-order valence-corrected chi connectivity index (χ0v) is 16.7. The number of hydrogen-bond acceptors (Lipinski definition) is 4. The third-order valence-corrected chi connectivity index (χ3v) is 4.47. The molecule has 0 saturated heterocycles. The van der Waals surface area contributed by atoms with Gasteiger partial charge in [-0.15, -0.1) is 0 Å². The van der Waals surface area contributed by atoms with Gasteiger partial charge in [0, 0.05) is 12.0 Å². The number of unbranched alkanes of at least 4 members (excludes halogenated alkanes) is 5. The zero-order chi connectivity index (χ0) is 18.6. The third-order valence-electron chi connectivity index (χ3n) is 4.21. The van der Waals surface area contributed by atoms with E-state index >= 15 is 0 Å². The Hall–Kier alpha value is -1.95. The first-order valence-electron chi connectivity index (χ1n) is 9.68. The lowest BCUT2D eigenvalue weighted by molar-refractivity contribution is 0.304. The van der Waals surface area contributed by atoms with E-state index in [0.29, 0.717) is 4.77 Å². The van der Waals surface area contributed by atoms with Crippen LogP contribution in [0, 0.1) is 4.77 Å². The van der Waals surface area contributed by atoms with Crippen LogP contribution in [0.4, 0.5) is 0 Å². The lowest BCUT2D eigenvalue weighted by Gasteiger charge is -2.09. The summed E-state index contributed by atoms with van der Waals surface area (Å²) in [7, 11) is 0. The lowest BCUT2D eigenvalue weighted by Crippen LogP contribution is -2.02. The van der Waals surface area contributed by atoms with Crippen molar-refractivity contribution in [1.82, 2.24) is 14.9 Å². The Balaban J connectivity index is 2.00. The Morgan fingerprint density at radius 3 is 2.69 bits per heavy atom. The van der Waals surface area contributed by atoms with Crippen LogP contribution in [0.1, 0.15) is 70.2 Å². The molecule has 26 heavy (non-hydrogen) atoms. The minimum absolute atomic E-state index is 0.515. The summed E-state index contributed by atoms with van der Waals surface area (Å²) in [5, 5.41) is 11.6. The fraction of sp³-hybridized carbons (Fsp3) is 0.550. The number of ether oxygens (including phenoxy) is 1. The van der Waals surface area contributed by atoms with Gasteiger partial charge in [0.1, 0.15) is 5.75 Å². The normalized spacial score (nSPS) is 11.3. The largest absolute Gasteiger partial charge is 0.493 e. The summed E-state index contributed by atoms with van der Waals surface area (Å²) in [5.74, 6) is 1.72. The van der Waals surface area contributed by atoms with Gasteiger partial charge in [0.15, 0.2) is 5.82 Å². The minimum atomic E-state index is 0.515. The molecule has 0 unspecified atom stereocenters. The summed E-state index contributed by atoms with van der Waals surface area (Å²) in [6.07, 6.45) is 11.0. The van der Waals surface area contributed by atoms with Crippen LogP contribution in [-0.2, 0) is 6.42 Å². The number of para-hydroxylation sites is 1. The molecular formula is C20H30N4OS. The van der Waals surface area contributed by atoms with E-state index in [0.717, 1.165) is 49.4 Å². The molecule has 0 spiro atoms. The maximum atomic E-state index is 5.96. The van der Waals surface area contributed by atoms with Gasteiger partial charge >= 0.3 is 0 Å². The number of H-pyrrole nitrogens is 1. The maximum Gasteiger partial charge on any atom is 0.216 e. The molecule has 6 heteroatoms. The van der Waals surface area contributed by atoms with Gasteiger partial charge in [0.25, 0.3) is 0 Å². The van der Waals surface area contributed by atoms with E-state index in [1.165, 1.54) is 25.7 Å². The van der Waals surface area contributed by atoms with Gasteiger partial charge in [-0.1, -0.05) is 58.1 Å². The predicted molar refractivity (Wildman–Crippen MR) is 110 cm³/mol. The van der Waals surface area contributed by atoms with Crippen LogP contribution in [-0.4, -0.2) is 27.7 Å². The molecule has 0 saturated carbocycles. The molecule has 2 aromatic rings. The van der Waals surface area contributed by atoms with Crippen LogP contribution in [0.5, 0.6) is 5.75 Å². The molecule has 0 atom stereocenters. The van der Waals surface area contributed by atoms with Gasteiger partial charge in [-0.2, -0.15) is 14.9 Å². The average Bonchev–Trinajstić information content (AvgIpc) is 3.01. The molecule has 2 rings (SSSR count). The van der Waals surface area contributed by atoms with Crippen LogP contribution >= 0.6 is 12.2 Å². The van der Waals surface area contributed by atoms with Crippen LogP contribution < -0.4 is 4.74 Å². The molecule has 0 bridgehead atoms. The van der Waals surface area contributed by atoms with Gasteiger partial charge in [-0.25, -0.2) is 0 Å². The number of nitrogens with zero attached hydrogens (tertiary/aromatic N) is 3. The topological polar surface area (TPSA) is 55.2 Å². The standard InChI is InChI=1S/C20H30N4OS/c1-3-5-7-8-11-15-25-18-13-10-9-12-17(18)16-21-24-19(14-6-4-2)22-23-20(24)26/h9-10,12-13,16H,3-8,11,14-15H2,1-2H3,(H,23,26)/b21-16-. The van der Waals surface area contributed by atoms with Gasteiger partial charge in [-0.05, 0) is 37.2 Å². The van der Waals surface area contributed by atoms with Gasteiger partial charge in [0.2, 0.25) is 4.77 Å². The molecule has 0 amide bonds. The van der Waals surface area contributed by atoms with E-state index in [1.54, 1.807) is 10.9 Å². The second kappa shape index (κ2) is 11.6. The number of hydrogen-bond donors (Lipinski definition) is 1. The summed E-state index contributed by atoms with van der Waals surface area (Å²) >= 11 is 5.29. The molecule has 1 N–H and O–H groups in total. The molecule has 0 fully saturated rings. The highest BCUT2D eigenvalue weighted by Gasteiger charge is 2.05. The Morgan fingerprint density at radius 1 is 1.12 bits per heavy atom. The molecule has 0 aliphatic carbocycles. The van der Waals surface area contributed by atoms with E-state index in [4.69, 9.17) is 17.0 Å². The van der Waals surface area contributed by atoms with Crippen LogP contribution in [0.3, 0.4) is 0 Å². The Bertz CT molecular complexity index is 735. The van der Waals surface area contributed by atoms with Crippen molar-refractivity contribution >= 4 is 18.4 Å². The van der Waals surface area contributed by atoms with Gasteiger partial charge in [0.05, 0.1) is 12.8 Å². The SMILES string of the molecule is CCCCCCCOc1ccccc1/C=N\n1c(CCCC)n[nH]c1=S. The van der Waals surface area contributed by atoms with E-state index < -0.39 is 0 Å². The number of nitrogens with one attached hydrogen (secondary N) is 1. The summed E-state index contributed by atoms with van der Waals surface area (Å²) in [6, 6.07) is 7.97. The van der Waals surface area contributed by atoms with E-state index in [1.807, 2.05) is 24.3 Å². The Labute approximate surface area is 161 Å². The van der Waals surface area contributed by atoms with E-state index in [2.05, 4.69) is 29.1 Å². The minimum Gasteiger partial charge on any atom is -0.493 e. The highest BCUT2D eigenvalue weighted by molar-refractivity contribution is 7.71. The first-order valence-corrected chi connectivity index (χ1v) is 10.1. The monoisotopic (exact) mass is 374 g/mol. The van der Waals surface area contributed by atoms with Crippen molar-refractivity contribution in [3.05, 3.63) is 40.4 Å². The molecule has 5 nitrogen and oxygen atoms in total. The number of aromatic amines is 1. The van der Waals surface area contributed by atoms with Crippen molar-refractivity contribution < 1.29 is 4.74 Å².